The molecule has 0 spiro atoms. The number of nitrogens with one attached hydrogen (secondary N) is 1. The molecular weight excluding hydrogens is 238 g/mol. The Hall–Kier alpha value is -0.860. The van der Waals surface area contributed by atoms with Gasteiger partial charge in [0.2, 0.25) is 0 Å². The minimum Gasteiger partial charge on any atom is -0.368 e. The van der Waals surface area contributed by atoms with Crippen molar-refractivity contribution in [2.24, 2.45) is 0 Å². The van der Waals surface area contributed by atoms with Crippen LogP contribution in [-0.4, -0.2) is 34.0 Å². The van der Waals surface area contributed by atoms with Crippen LogP contribution in [0.2, 0.25) is 0 Å². The standard InChI is InChI=1S/C11H13N3S2/c12-6-9-2-1-3-13-11(9)14-7-10-8-15-4-5-16-10/h1-3,10H,4-5,7-8H2,(H,13,14). The molecule has 1 aliphatic rings. The molecule has 0 radical (unpaired) electrons. The maximum atomic E-state index is 8.92. The molecule has 1 fully saturated rings. The fourth-order valence-corrected chi connectivity index (χ4v) is 4.11. The van der Waals surface area contributed by atoms with Gasteiger partial charge >= 0.3 is 0 Å². The number of hydrogen-bond donors (Lipinski definition) is 1. The minimum atomic E-state index is 0.621. The summed E-state index contributed by atoms with van der Waals surface area (Å²) in [6.45, 7) is 0.892. The first-order chi connectivity index (χ1) is 7.90. The van der Waals surface area contributed by atoms with Crippen molar-refractivity contribution in [2.45, 2.75) is 5.25 Å². The normalized spacial score (nSPS) is 20.1. The Balaban J connectivity index is 1.91. The SMILES string of the molecule is N#Cc1cccnc1NCC1CSCCS1. The van der Waals surface area contributed by atoms with Gasteiger partial charge in [0.05, 0.1) is 5.56 Å². The van der Waals surface area contributed by atoms with Crippen LogP contribution in [0.15, 0.2) is 18.3 Å². The molecule has 5 heteroatoms. The van der Waals surface area contributed by atoms with Crippen LogP contribution in [0.3, 0.4) is 0 Å². The highest BCUT2D eigenvalue weighted by Gasteiger charge is 2.14. The fraction of sp³-hybridized carbons (Fsp3) is 0.455. The Bertz CT molecular complexity index is 383. The van der Waals surface area contributed by atoms with Gasteiger partial charge in [-0.05, 0) is 12.1 Å². The summed E-state index contributed by atoms with van der Waals surface area (Å²) in [5, 5.41) is 12.8. The molecule has 0 saturated carbocycles. The third-order valence-electron chi connectivity index (χ3n) is 2.31. The third kappa shape index (κ3) is 3.06. The minimum absolute atomic E-state index is 0.621. The lowest BCUT2D eigenvalue weighted by Gasteiger charge is -2.21. The number of rotatable bonds is 3. The van der Waals surface area contributed by atoms with E-state index in [1.165, 1.54) is 17.3 Å². The predicted octanol–water partition coefficient (Wildman–Crippen LogP) is 2.21. The van der Waals surface area contributed by atoms with Crippen molar-refractivity contribution >= 4 is 29.3 Å². The van der Waals surface area contributed by atoms with E-state index in [0.717, 1.165) is 6.54 Å². The van der Waals surface area contributed by atoms with Crippen molar-refractivity contribution in [2.75, 3.05) is 29.1 Å². The summed E-state index contributed by atoms with van der Waals surface area (Å²) in [5.41, 5.74) is 0.621. The van der Waals surface area contributed by atoms with Gasteiger partial charge in [-0.15, -0.1) is 0 Å². The summed E-state index contributed by atoms with van der Waals surface area (Å²) in [6, 6.07) is 5.72. The quantitative estimate of drug-likeness (QED) is 0.892. The van der Waals surface area contributed by atoms with Crippen LogP contribution in [0, 0.1) is 11.3 Å². The van der Waals surface area contributed by atoms with Crippen molar-refractivity contribution < 1.29 is 0 Å². The second kappa shape index (κ2) is 6.02. The molecule has 1 saturated heterocycles. The highest BCUT2D eigenvalue weighted by Crippen LogP contribution is 2.24. The smallest absolute Gasteiger partial charge is 0.143 e. The third-order valence-corrected chi connectivity index (χ3v) is 5.16. The molecule has 0 bridgehead atoms. The first kappa shape index (κ1) is 11.6. The van der Waals surface area contributed by atoms with Gasteiger partial charge in [0.15, 0.2) is 0 Å². The van der Waals surface area contributed by atoms with E-state index in [2.05, 4.69) is 16.4 Å². The summed E-state index contributed by atoms with van der Waals surface area (Å²) in [4.78, 5) is 4.18. The number of hydrogen-bond acceptors (Lipinski definition) is 5. The van der Waals surface area contributed by atoms with E-state index >= 15 is 0 Å². The molecule has 1 N–H and O–H groups in total. The monoisotopic (exact) mass is 251 g/mol. The molecule has 2 heterocycles. The molecule has 2 rings (SSSR count). The molecular formula is C11H13N3S2. The van der Waals surface area contributed by atoms with Crippen LogP contribution >= 0.6 is 23.5 Å². The number of nitrogens with zero attached hydrogens (tertiary/aromatic N) is 2. The maximum absolute atomic E-state index is 8.92. The summed E-state index contributed by atoms with van der Waals surface area (Å²) >= 11 is 4.00. The van der Waals surface area contributed by atoms with Gasteiger partial charge in [-0.2, -0.15) is 28.8 Å². The van der Waals surface area contributed by atoms with Gasteiger partial charge in [0.25, 0.3) is 0 Å². The van der Waals surface area contributed by atoms with Gasteiger partial charge in [0, 0.05) is 35.3 Å². The zero-order valence-electron chi connectivity index (χ0n) is 8.85. The lowest BCUT2D eigenvalue weighted by molar-refractivity contribution is 0.991. The topological polar surface area (TPSA) is 48.7 Å². The zero-order valence-corrected chi connectivity index (χ0v) is 10.5. The zero-order chi connectivity index (χ0) is 11.2. The molecule has 1 aromatic heterocycles. The molecule has 16 heavy (non-hydrogen) atoms. The first-order valence-corrected chi connectivity index (χ1v) is 7.39. The molecule has 84 valence electrons. The summed E-state index contributed by atoms with van der Waals surface area (Å²) in [5.74, 6) is 4.38. The van der Waals surface area contributed by atoms with E-state index in [-0.39, 0.29) is 0 Å². The van der Waals surface area contributed by atoms with Gasteiger partial charge < -0.3 is 5.32 Å². The van der Waals surface area contributed by atoms with E-state index in [0.29, 0.717) is 16.6 Å². The number of anilines is 1. The Morgan fingerprint density at radius 3 is 3.25 bits per heavy atom. The van der Waals surface area contributed by atoms with Gasteiger partial charge in [0.1, 0.15) is 11.9 Å². The van der Waals surface area contributed by atoms with Crippen molar-refractivity contribution in [3.05, 3.63) is 23.9 Å². The Labute approximate surface area is 104 Å². The second-order valence-corrected chi connectivity index (χ2v) is 6.02. The van der Waals surface area contributed by atoms with E-state index in [4.69, 9.17) is 5.26 Å². The van der Waals surface area contributed by atoms with Crippen LogP contribution in [0.5, 0.6) is 0 Å². The fourth-order valence-electron chi connectivity index (χ4n) is 1.50. The number of pyridine rings is 1. The van der Waals surface area contributed by atoms with Crippen molar-refractivity contribution in [3.63, 3.8) is 0 Å². The molecule has 1 aliphatic heterocycles. The Kier molecular flexibility index (Phi) is 4.37. The van der Waals surface area contributed by atoms with Crippen molar-refractivity contribution in [3.8, 4) is 6.07 Å². The lowest BCUT2D eigenvalue weighted by Crippen LogP contribution is -2.23. The first-order valence-electron chi connectivity index (χ1n) is 5.18. The van der Waals surface area contributed by atoms with E-state index in [1.54, 1.807) is 18.3 Å². The summed E-state index contributed by atoms with van der Waals surface area (Å²) < 4.78 is 0. The highest BCUT2D eigenvalue weighted by molar-refractivity contribution is 8.06. The molecule has 1 aromatic rings. The van der Waals surface area contributed by atoms with Crippen LogP contribution < -0.4 is 5.32 Å². The Morgan fingerprint density at radius 2 is 2.50 bits per heavy atom. The molecule has 1 unspecified atom stereocenters. The van der Waals surface area contributed by atoms with Gasteiger partial charge in [-0.3, -0.25) is 0 Å². The average molecular weight is 251 g/mol. The van der Waals surface area contributed by atoms with Crippen LogP contribution in [0.4, 0.5) is 5.82 Å². The number of nitriles is 1. The highest BCUT2D eigenvalue weighted by atomic mass is 32.2. The van der Waals surface area contributed by atoms with Gasteiger partial charge in [-0.1, -0.05) is 0 Å². The maximum Gasteiger partial charge on any atom is 0.143 e. The molecule has 1 atom stereocenters. The van der Waals surface area contributed by atoms with Crippen LogP contribution in [0.25, 0.3) is 0 Å². The molecule has 3 nitrogen and oxygen atoms in total. The summed E-state index contributed by atoms with van der Waals surface area (Å²) in [7, 11) is 0. The summed E-state index contributed by atoms with van der Waals surface area (Å²) in [6.07, 6.45) is 1.71. The number of aromatic nitrogens is 1. The van der Waals surface area contributed by atoms with Crippen molar-refractivity contribution in [1.29, 1.82) is 5.26 Å². The molecule has 0 aliphatic carbocycles. The Morgan fingerprint density at radius 1 is 1.56 bits per heavy atom. The molecule has 0 aromatic carbocycles. The second-order valence-electron chi connectivity index (χ2n) is 3.46. The van der Waals surface area contributed by atoms with Crippen molar-refractivity contribution in [1.82, 2.24) is 4.98 Å². The lowest BCUT2D eigenvalue weighted by atomic mass is 10.3. The molecule has 0 amide bonds. The van der Waals surface area contributed by atoms with E-state index in [1.807, 2.05) is 23.5 Å². The predicted molar refractivity (Wildman–Crippen MR) is 71.0 cm³/mol. The van der Waals surface area contributed by atoms with E-state index < -0.39 is 0 Å². The van der Waals surface area contributed by atoms with Crippen LogP contribution in [-0.2, 0) is 0 Å². The largest absolute Gasteiger partial charge is 0.368 e. The van der Waals surface area contributed by atoms with Crippen LogP contribution in [0.1, 0.15) is 5.56 Å². The van der Waals surface area contributed by atoms with Gasteiger partial charge in [-0.25, -0.2) is 4.98 Å². The van der Waals surface area contributed by atoms with E-state index in [9.17, 15) is 0 Å². The number of thioether (sulfide) groups is 2. The average Bonchev–Trinajstić information content (AvgIpc) is 2.38.